The molecule has 0 saturated heterocycles. The molecule has 0 aromatic rings. The molecule has 2 aliphatic carbocycles. The van der Waals surface area contributed by atoms with Crippen molar-refractivity contribution in [2.45, 2.75) is 121 Å². The van der Waals surface area contributed by atoms with Crippen molar-refractivity contribution in [2.75, 3.05) is 0 Å². The summed E-state index contributed by atoms with van der Waals surface area (Å²) in [5.41, 5.74) is 7.98. The van der Waals surface area contributed by atoms with Crippen molar-refractivity contribution in [3.05, 3.63) is 130 Å². The Hall–Kier alpha value is -3.76. The SMILES string of the molecule is CC1=C(/C=C/C(C)=C/C=C/C(C)=C/C=C/C=C(C)/C=C/C=C(C)/C=C/C2=C(C)C(=O)C(O)CC2(C)C)C(C)(C)CC(OC(=O)C(C)(C)C)C1. The highest BCUT2D eigenvalue weighted by molar-refractivity contribution is 6.00. The van der Waals surface area contributed by atoms with E-state index in [1.807, 2.05) is 58.1 Å². The molecule has 0 saturated carbocycles. The summed E-state index contributed by atoms with van der Waals surface area (Å²) in [6, 6.07) is 0. The van der Waals surface area contributed by atoms with Crippen LogP contribution in [-0.2, 0) is 14.3 Å². The van der Waals surface area contributed by atoms with Crippen molar-refractivity contribution in [1.82, 2.24) is 0 Å². The standard InChI is InChI=1S/C45H62O4/c1-31(20-16-22-33(3)24-26-38-35(5)28-37(29-44(38,10)11)49-42(48)43(7,8)9)18-14-15-19-32(2)21-17-23-34(4)25-27-39-36(6)41(47)40(46)30-45(39,12)13/h14-27,37,40,46H,28-30H2,1-13H3/b15-14+,20-16+,21-17+,26-24+,27-25+,31-18+,32-19+,33-22+,34-23+. The average molecular weight is 667 g/mol. The molecule has 4 nitrogen and oxygen atoms in total. The Bertz CT molecular complexity index is 1580. The Balaban J connectivity index is 1.95. The molecule has 0 aromatic carbocycles. The van der Waals surface area contributed by atoms with E-state index in [4.69, 9.17) is 4.74 Å². The maximum Gasteiger partial charge on any atom is 0.311 e. The summed E-state index contributed by atoms with van der Waals surface area (Å²) in [6.45, 7) is 26.6. The monoisotopic (exact) mass is 666 g/mol. The number of carbonyl (C=O) groups is 2. The molecule has 0 aromatic heterocycles. The summed E-state index contributed by atoms with van der Waals surface area (Å²) in [6.07, 6.45) is 30.2. The van der Waals surface area contributed by atoms with Gasteiger partial charge in [0.2, 0.25) is 0 Å². The largest absolute Gasteiger partial charge is 0.462 e. The highest BCUT2D eigenvalue weighted by Gasteiger charge is 2.37. The van der Waals surface area contributed by atoms with Gasteiger partial charge < -0.3 is 9.84 Å². The fraction of sp³-hybridized carbons (Fsp3) is 0.467. The maximum absolute atomic E-state index is 12.4. The van der Waals surface area contributed by atoms with Gasteiger partial charge in [0, 0.05) is 6.42 Å². The normalized spacial score (nSPS) is 23.4. The predicted octanol–water partition coefficient (Wildman–Crippen LogP) is 11.3. The van der Waals surface area contributed by atoms with Gasteiger partial charge >= 0.3 is 5.97 Å². The Labute approximate surface area is 297 Å². The van der Waals surface area contributed by atoms with Gasteiger partial charge in [-0.2, -0.15) is 0 Å². The van der Waals surface area contributed by atoms with Gasteiger partial charge in [-0.1, -0.05) is 141 Å². The Morgan fingerprint density at radius 1 is 0.714 bits per heavy atom. The maximum atomic E-state index is 12.4. The van der Waals surface area contributed by atoms with Crippen LogP contribution in [0.5, 0.6) is 0 Å². The van der Waals surface area contributed by atoms with E-state index in [-0.39, 0.29) is 28.7 Å². The van der Waals surface area contributed by atoms with Gasteiger partial charge in [0.15, 0.2) is 5.78 Å². The molecule has 2 unspecified atom stereocenters. The second-order valence-corrected chi connectivity index (χ2v) is 16.2. The predicted molar refractivity (Wildman–Crippen MR) is 208 cm³/mol. The van der Waals surface area contributed by atoms with Crippen LogP contribution in [-0.4, -0.2) is 29.1 Å². The third kappa shape index (κ3) is 13.2. The van der Waals surface area contributed by atoms with Crippen LogP contribution in [0.15, 0.2) is 130 Å². The van der Waals surface area contributed by atoms with E-state index in [1.54, 1.807) is 6.92 Å². The molecule has 0 amide bonds. The summed E-state index contributed by atoms with van der Waals surface area (Å²) in [4.78, 5) is 24.7. The fourth-order valence-electron chi connectivity index (χ4n) is 6.26. The second-order valence-electron chi connectivity index (χ2n) is 16.2. The van der Waals surface area contributed by atoms with Crippen LogP contribution in [0.2, 0.25) is 0 Å². The van der Waals surface area contributed by atoms with Crippen molar-refractivity contribution in [3.8, 4) is 0 Å². The van der Waals surface area contributed by atoms with Crippen molar-refractivity contribution in [2.24, 2.45) is 16.2 Å². The van der Waals surface area contributed by atoms with E-state index in [0.29, 0.717) is 12.0 Å². The van der Waals surface area contributed by atoms with E-state index in [1.165, 1.54) is 16.7 Å². The molecule has 2 atom stereocenters. The smallest absolute Gasteiger partial charge is 0.311 e. The number of ketones is 1. The quantitative estimate of drug-likeness (QED) is 0.176. The molecule has 49 heavy (non-hydrogen) atoms. The molecule has 0 aliphatic heterocycles. The average Bonchev–Trinajstić information content (AvgIpc) is 2.96. The Morgan fingerprint density at radius 3 is 1.61 bits per heavy atom. The van der Waals surface area contributed by atoms with Crippen molar-refractivity contribution >= 4 is 11.8 Å². The van der Waals surface area contributed by atoms with E-state index in [9.17, 15) is 14.7 Å². The zero-order valence-electron chi connectivity index (χ0n) is 32.5. The first-order valence-corrected chi connectivity index (χ1v) is 17.6. The lowest BCUT2D eigenvalue weighted by molar-refractivity contribution is -0.160. The van der Waals surface area contributed by atoms with Crippen LogP contribution in [0.1, 0.15) is 109 Å². The summed E-state index contributed by atoms with van der Waals surface area (Å²) in [5.74, 6) is -0.303. The number of aliphatic hydroxyl groups excluding tert-OH is 1. The van der Waals surface area contributed by atoms with Crippen LogP contribution in [0.4, 0.5) is 0 Å². The topological polar surface area (TPSA) is 63.6 Å². The number of rotatable bonds is 11. The summed E-state index contributed by atoms with van der Waals surface area (Å²) in [5, 5.41) is 10.0. The number of aliphatic hydroxyl groups is 1. The third-order valence-electron chi connectivity index (χ3n) is 9.15. The van der Waals surface area contributed by atoms with Gasteiger partial charge in [-0.3, -0.25) is 9.59 Å². The van der Waals surface area contributed by atoms with Gasteiger partial charge in [-0.15, -0.1) is 0 Å². The molecule has 1 N–H and O–H groups in total. The molecule has 4 heteroatoms. The highest BCUT2D eigenvalue weighted by Crippen LogP contribution is 2.43. The van der Waals surface area contributed by atoms with Gasteiger partial charge in [-0.25, -0.2) is 0 Å². The number of esters is 1. The Morgan fingerprint density at radius 2 is 1.14 bits per heavy atom. The minimum atomic E-state index is -0.904. The number of Topliss-reactive ketones (excluding diaryl/α,β-unsaturated/α-hetero) is 1. The van der Waals surface area contributed by atoms with E-state index in [2.05, 4.69) is 110 Å². The van der Waals surface area contributed by atoms with Gasteiger partial charge in [0.1, 0.15) is 12.2 Å². The molecule has 0 spiro atoms. The zero-order chi connectivity index (χ0) is 37.2. The van der Waals surface area contributed by atoms with Crippen molar-refractivity contribution < 1.29 is 19.4 Å². The number of hydrogen-bond acceptors (Lipinski definition) is 4. The number of ether oxygens (including phenoxy) is 1. The first kappa shape index (κ1) is 41.4. The molecule has 0 radical (unpaired) electrons. The van der Waals surface area contributed by atoms with Crippen LogP contribution >= 0.6 is 0 Å². The van der Waals surface area contributed by atoms with Crippen molar-refractivity contribution in [1.29, 1.82) is 0 Å². The van der Waals surface area contributed by atoms with Gasteiger partial charge in [0.05, 0.1) is 5.41 Å². The molecular weight excluding hydrogens is 604 g/mol. The fourth-order valence-corrected chi connectivity index (χ4v) is 6.26. The van der Waals surface area contributed by atoms with E-state index in [0.717, 1.165) is 35.1 Å². The summed E-state index contributed by atoms with van der Waals surface area (Å²) in [7, 11) is 0. The minimum absolute atomic E-state index is 0.0709. The lowest BCUT2D eigenvalue weighted by Crippen LogP contribution is -2.35. The second kappa shape index (κ2) is 17.8. The number of hydrogen-bond donors (Lipinski definition) is 1. The van der Waals surface area contributed by atoms with Gasteiger partial charge in [0.25, 0.3) is 0 Å². The Kier molecular flexibility index (Phi) is 15.0. The molecule has 0 heterocycles. The summed E-state index contributed by atoms with van der Waals surface area (Å²) < 4.78 is 5.87. The number of carbonyl (C=O) groups excluding carboxylic acids is 2. The van der Waals surface area contributed by atoms with Gasteiger partial charge in [-0.05, 0) is 103 Å². The minimum Gasteiger partial charge on any atom is -0.462 e. The molecule has 0 bridgehead atoms. The molecule has 2 rings (SSSR count). The summed E-state index contributed by atoms with van der Waals surface area (Å²) >= 11 is 0. The van der Waals surface area contributed by atoms with Crippen LogP contribution in [0.3, 0.4) is 0 Å². The molecule has 2 aliphatic rings. The molecule has 0 fully saturated rings. The van der Waals surface area contributed by atoms with Crippen LogP contribution < -0.4 is 0 Å². The molecule has 266 valence electrons. The third-order valence-corrected chi connectivity index (χ3v) is 9.15. The zero-order valence-corrected chi connectivity index (χ0v) is 32.5. The van der Waals surface area contributed by atoms with E-state index < -0.39 is 11.5 Å². The van der Waals surface area contributed by atoms with E-state index >= 15 is 0 Å². The first-order valence-electron chi connectivity index (χ1n) is 17.6. The first-order chi connectivity index (χ1) is 22.6. The lowest BCUT2D eigenvalue weighted by Gasteiger charge is -2.38. The highest BCUT2D eigenvalue weighted by atomic mass is 16.5. The molecular formula is C45H62O4. The van der Waals surface area contributed by atoms with Crippen molar-refractivity contribution in [3.63, 3.8) is 0 Å². The van der Waals surface area contributed by atoms with Crippen LogP contribution in [0, 0.1) is 16.2 Å². The van der Waals surface area contributed by atoms with Crippen LogP contribution in [0.25, 0.3) is 0 Å². The lowest BCUT2D eigenvalue weighted by atomic mass is 9.71. The number of allylic oxidation sites excluding steroid dienone is 20.